The molecule has 1 aliphatic heterocycles. The lowest BCUT2D eigenvalue weighted by atomic mass is 10.0. The van der Waals surface area contributed by atoms with Crippen LogP contribution in [0.2, 0.25) is 0 Å². The monoisotopic (exact) mass is 364 g/mol. The molecule has 1 aliphatic carbocycles. The third kappa shape index (κ3) is 3.09. The van der Waals surface area contributed by atoms with Crippen LogP contribution in [0.4, 0.5) is 11.6 Å². The van der Waals surface area contributed by atoms with Gasteiger partial charge in [-0.1, -0.05) is 0 Å². The molecule has 0 spiro atoms. The molecule has 1 saturated heterocycles. The molecule has 2 fully saturated rings. The third-order valence-corrected chi connectivity index (χ3v) is 5.70. The maximum Gasteiger partial charge on any atom is 0.178 e. The van der Waals surface area contributed by atoms with E-state index < -0.39 is 0 Å². The second-order valence-electron chi connectivity index (χ2n) is 7.64. The minimum Gasteiger partial charge on any atom is -0.356 e. The Balaban J connectivity index is 1.30. The van der Waals surface area contributed by atoms with Gasteiger partial charge < -0.3 is 9.80 Å². The Labute approximate surface area is 158 Å². The minimum absolute atomic E-state index is 0.483. The Bertz CT molecular complexity index is 955. The van der Waals surface area contributed by atoms with Crippen LogP contribution in [-0.4, -0.2) is 56.0 Å². The standard InChI is InChI=1S/C19H24N8/c1-13-11-18(21-12-20-13)25(2)15-7-9-26(10-8-15)17-6-5-16-22-23-19(14-3-4-14)27(16)24-17/h5-6,11-12,14-15H,3-4,7-10H2,1-2H3. The molecule has 0 N–H and O–H groups in total. The van der Waals surface area contributed by atoms with Crippen molar-refractivity contribution >= 4 is 17.3 Å². The van der Waals surface area contributed by atoms with Gasteiger partial charge in [-0.15, -0.1) is 15.3 Å². The second-order valence-corrected chi connectivity index (χ2v) is 7.64. The number of aromatic nitrogens is 6. The molecule has 140 valence electrons. The topological polar surface area (TPSA) is 75.3 Å². The van der Waals surface area contributed by atoms with Crippen LogP contribution in [0.25, 0.3) is 5.65 Å². The normalized spacial score (nSPS) is 18.2. The maximum atomic E-state index is 4.84. The zero-order valence-corrected chi connectivity index (χ0v) is 15.8. The summed E-state index contributed by atoms with van der Waals surface area (Å²) in [6.07, 6.45) is 6.21. The Hall–Kier alpha value is -2.77. The van der Waals surface area contributed by atoms with Crippen LogP contribution in [0.15, 0.2) is 24.5 Å². The summed E-state index contributed by atoms with van der Waals surface area (Å²) in [5, 5.41) is 13.4. The van der Waals surface area contributed by atoms with Crippen molar-refractivity contribution in [3.8, 4) is 0 Å². The lowest BCUT2D eigenvalue weighted by molar-refractivity contribution is 0.476. The highest BCUT2D eigenvalue weighted by Crippen LogP contribution is 2.38. The lowest BCUT2D eigenvalue weighted by Gasteiger charge is -2.37. The molecular formula is C19H24N8. The highest BCUT2D eigenvalue weighted by atomic mass is 15.4. The second kappa shape index (κ2) is 6.44. The summed E-state index contributed by atoms with van der Waals surface area (Å²) in [5.74, 6) is 3.57. The maximum absolute atomic E-state index is 4.84. The predicted octanol–water partition coefficient (Wildman–Crippen LogP) is 2.21. The van der Waals surface area contributed by atoms with Crippen molar-refractivity contribution in [3.63, 3.8) is 0 Å². The van der Waals surface area contributed by atoms with E-state index in [2.05, 4.69) is 43.1 Å². The van der Waals surface area contributed by atoms with Crippen molar-refractivity contribution in [2.75, 3.05) is 29.9 Å². The molecule has 0 amide bonds. The van der Waals surface area contributed by atoms with Crippen LogP contribution in [-0.2, 0) is 0 Å². The fourth-order valence-electron chi connectivity index (χ4n) is 3.86. The van der Waals surface area contributed by atoms with E-state index in [1.165, 1.54) is 12.8 Å². The molecule has 0 unspecified atom stereocenters. The van der Waals surface area contributed by atoms with Gasteiger partial charge in [0.1, 0.15) is 18.0 Å². The molecule has 3 aromatic heterocycles. The first-order valence-corrected chi connectivity index (χ1v) is 9.68. The minimum atomic E-state index is 0.483. The summed E-state index contributed by atoms with van der Waals surface area (Å²) in [6, 6.07) is 6.63. The van der Waals surface area contributed by atoms with Crippen molar-refractivity contribution in [2.24, 2.45) is 0 Å². The van der Waals surface area contributed by atoms with Crippen molar-refractivity contribution in [1.82, 2.24) is 29.8 Å². The van der Waals surface area contributed by atoms with E-state index in [1.54, 1.807) is 6.33 Å². The van der Waals surface area contributed by atoms with Gasteiger partial charge in [0.05, 0.1) is 0 Å². The summed E-state index contributed by atoms with van der Waals surface area (Å²) in [6.45, 7) is 3.97. The Kier molecular flexibility index (Phi) is 3.91. The first kappa shape index (κ1) is 16.4. The Morgan fingerprint density at radius 3 is 2.59 bits per heavy atom. The summed E-state index contributed by atoms with van der Waals surface area (Å²) >= 11 is 0. The summed E-state index contributed by atoms with van der Waals surface area (Å²) in [5.41, 5.74) is 1.84. The van der Waals surface area contributed by atoms with E-state index in [1.807, 2.05) is 23.6 Å². The van der Waals surface area contributed by atoms with Crippen molar-refractivity contribution in [2.45, 2.75) is 44.6 Å². The van der Waals surface area contributed by atoms with Crippen LogP contribution in [0.1, 0.15) is 43.1 Å². The van der Waals surface area contributed by atoms with Gasteiger partial charge >= 0.3 is 0 Å². The van der Waals surface area contributed by atoms with Crippen LogP contribution in [0, 0.1) is 6.92 Å². The molecule has 27 heavy (non-hydrogen) atoms. The fraction of sp³-hybridized carbons (Fsp3) is 0.526. The molecular weight excluding hydrogens is 340 g/mol. The predicted molar refractivity (Wildman–Crippen MR) is 103 cm³/mol. The molecule has 0 atom stereocenters. The van der Waals surface area contributed by atoms with Crippen LogP contribution in [0.3, 0.4) is 0 Å². The number of nitrogens with zero attached hydrogens (tertiary/aromatic N) is 8. The zero-order valence-electron chi connectivity index (χ0n) is 15.8. The van der Waals surface area contributed by atoms with E-state index in [-0.39, 0.29) is 0 Å². The average molecular weight is 364 g/mol. The van der Waals surface area contributed by atoms with Gasteiger partial charge in [0.15, 0.2) is 11.5 Å². The van der Waals surface area contributed by atoms with Gasteiger partial charge in [-0.05, 0) is 44.7 Å². The van der Waals surface area contributed by atoms with Gasteiger partial charge in [0.25, 0.3) is 0 Å². The molecule has 8 heteroatoms. The van der Waals surface area contributed by atoms with E-state index in [4.69, 9.17) is 5.10 Å². The number of piperidine rings is 1. The largest absolute Gasteiger partial charge is 0.356 e. The highest BCUT2D eigenvalue weighted by molar-refractivity contribution is 5.47. The number of rotatable bonds is 4. The Morgan fingerprint density at radius 2 is 1.85 bits per heavy atom. The molecule has 0 aromatic carbocycles. The van der Waals surface area contributed by atoms with Crippen molar-refractivity contribution in [3.05, 3.63) is 36.0 Å². The Morgan fingerprint density at radius 1 is 1.04 bits per heavy atom. The molecule has 4 heterocycles. The van der Waals surface area contributed by atoms with E-state index in [0.717, 1.165) is 54.7 Å². The number of hydrogen-bond donors (Lipinski definition) is 0. The SMILES string of the molecule is Cc1cc(N(C)C2CCN(c3ccc4nnc(C5CC5)n4n3)CC2)ncn1. The molecule has 0 bridgehead atoms. The molecule has 5 rings (SSSR count). The summed E-state index contributed by atoms with van der Waals surface area (Å²) in [4.78, 5) is 13.3. The number of fused-ring (bicyclic) bond motifs is 1. The number of aryl methyl sites for hydroxylation is 1. The van der Waals surface area contributed by atoms with Crippen molar-refractivity contribution in [1.29, 1.82) is 0 Å². The fourth-order valence-corrected chi connectivity index (χ4v) is 3.86. The summed E-state index contributed by atoms with van der Waals surface area (Å²) in [7, 11) is 2.13. The quantitative estimate of drug-likeness (QED) is 0.702. The van der Waals surface area contributed by atoms with Gasteiger partial charge in [-0.2, -0.15) is 4.52 Å². The molecule has 8 nitrogen and oxygen atoms in total. The smallest absolute Gasteiger partial charge is 0.178 e. The lowest BCUT2D eigenvalue weighted by Crippen LogP contribution is -2.44. The first-order valence-electron chi connectivity index (χ1n) is 9.68. The molecule has 1 saturated carbocycles. The van der Waals surface area contributed by atoms with Gasteiger partial charge in [-0.3, -0.25) is 0 Å². The molecule has 0 radical (unpaired) electrons. The van der Waals surface area contributed by atoms with Crippen LogP contribution >= 0.6 is 0 Å². The van der Waals surface area contributed by atoms with E-state index >= 15 is 0 Å². The van der Waals surface area contributed by atoms with Crippen LogP contribution in [0.5, 0.6) is 0 Å². The van der Waals surface area contributed by atoms with E-state index in [0.29, 0.717) is 12.0 Å². The van der Waals surface area contributed by atoms with Crippen LogP contribution < -0.4 is 9.80 Å². The van der Waals surface area contributed by atoms with E-state index in [9.17, 15) is 0 Å². The van der Waals surface area contributed by atoms with Gasteiger partial charge in [0, 0.05) is 43.9 Å². The first-order chi connectivity index (χ1) is 13.2. The summed E-state index contributed by atoms with van der Waals surface area (Å²) < 4.78 is 1.94. The zero-order chi connectivity index (χ0) is 18.4. The number of anilines is 2. The van der Waals surface area contributed by atoms with Gasteiger partial charge in [-0.25, -0.2) is 9.97 Å². The van der Waals surface area contributed by atoms with Crippen molar-refractivity contribution < 1.29 is 0 Å². The highest BCUT2D eigenvalue weighted by Gasteiger charge is 2.30. The average Bonchev–Trinajstić information content (AvgIpc) is 3.46. The number of hydrogen-bond acceptors (Lipinski definition) is 7. The third-order valence-electron chi connectivity index (χ3n) is 5.70. The van der Waals surface area contributed by atoms with Gasteiger partial charge in [0.2, 0.25) is 0 Å². The molecule has 3 aromatic rings. The molecule has 2 aliphatic rings.